The fourth-order valence-electron chi connectivity index (χ4n) is 4.82. The first kappa shape index (κ1) is 25.8. The highest BCUT2D eigenvalue weighted by Crippen LogP contribution is 2.44. The van der Waals surface area contributed by atoms with Gasteiger partial charge >= 0.3 is 0 Å². The van der Waals surface area contributed by atoms with E-state index in [4.69, 9.17) is 14.2 Å². The van der Waals surface area contributed by atoms with Gasteiger partial charge in [-0.3, -0.25) is 14.5 Å². The number of amides is 1. The van der Waals surface area contributed by atoms with E-state index in [1.165, 1.54) is 4.90 Å². The summed E-state index contributed by atoms with van der Waals surface area (Å²) in [6.07, 6.45) is 0. The van der Waals surface area contributed by atoms with E-state index in [1.54, 1.807) is 50.6 Å². The van der Waals surface area contributed by atoms with Crippen LogP contribution in [0, 0.1) is 20.8 Å². The van der Waals surface area contributed by atoms with Crippen LogP contribution in [0.3, 0.4) is 0 Å². The second-order valence-corrected chi connectivity index (χ2v) is 9.04. The molecule has 0 aliphatic carbocycles. The fraction of sp³-hybridized carbons (Fsp3) is 0.267. The summed E-state index contributed by atoms with van der Waals surface area (Å²) in [5.41, 5.74) is 4.28. The Labute approximate surface area is 216 Å². The second-order valence-electron chi connectivity index (χ2n) is 9.04. The van der Waals surface area contributed by atoms with Gasteiger partial charge in [0, 0.05) is 11.3 Å². The summed E-state index contributed by atoms with van der Waals surface area (Å²) in [5, 5.41) is 11.5. The number of rotatable bonds is 7. The standard InChI is InChI=1S/C30H31NO6/c1-7-37-25-16-20(8-11-24(25)36-6)27-26(28(32)21-9-10-23(35-5)19(4)15-21)29(33)30(34)31(27)22-13-17(2)12-18(3)14-22/h8-16,27,32H,7H2,1-6H3/b28-26-. The number of aliphatic hydroxyl groups is 1. The maximum Gasteiger partial charge on any atom is 0.300 e. The normalized spacial score (nSPS) is 16.7. The van der Waals surface area contributed by atoms with Crippen LogP contribution in [0.5, 0.6) is 17.2 Å². The highest BCUT2D eigenvalue weighted by atomic mass is 16.5. The maximum atomic E-state index is 13.5. The Morgan fingerprint density at radius 2 is 1.51 bits per heavy atom. The molecule has 0 aromatic heterocycles. The summed E-state index contributed by atoms with van der Waals surface area (Å²) in [6, 6.07) is 15.2. The Bertz CT molecular complexity index is 1390. The van der Waals surface area contributed by atoms with Gasteiger partial charge in [0.05, 0.1) is 32.4 Å². The van der Waals surface area contributed by atoms with E-state index >= 15 is 0 Å². The first-order valence-electron chi connectivity index (χ1n) is 12.0. The van der Waals surface area contributed by atoms with Crippen LogP contribution in [0.15, 0.2) is 60.2 Å². The molecule has 1 heterocycles. The molecule has 1 aliphatic heterocycles. The molecular formula is C30H31NO6. The highest BCUT2D eigenvalue weighted by molar-refractivity contribution is 6.51. The molecule has 1 aliphatic rings. The van der Waals surface area contributed by atoms with Gasteiger partial charge in [0.2, 0.25) is 0 Å². The Morgan fingerprint density at radius 3 is 2.11 bits per heavy atom. The predicted molar refractivity (Wildman–Crippen MR) is 143 cm³/mol. The van der Waals surface area contributed by atoms with Crippen LogP contribution in [-0.2, 0) is 9.59 Å². The minimum atomic E-state index is -0.881. The van der Waals surface area contributed by atoms with Gasteiger partial charge in [-0.15, -0.1) is 0 Å². The van der Waals surface area contributed by atoms with E-state index in [-0.39, 0.29) is 11.3 Å². The quantitative estimate of drug-likeness (QED) is 0.256. The zero-order chi connectivity index (χ0) is 26.9. The molecule has 1 N–H and O–H groups in total. The molecule has 4 rings (SSSR count). The lowest BCUT2D eigenvalue weighted by Crippen LogP contribution is -2.29. The molecule has 3 aromatic carbocycles. The number of carbonyl (C=O) groups excluding carboxylic acids is 2. The Kier molecular flexibility index (Phi) is 7.25. The zero-order valence-electron chi connectivity index (χ0n) is 21.9. The molecule has 1 unspecified atom stereocenters. The van der Waals surface area contributed by atoms with Gasteiger partial charge < -0.3 is 19.3 Å². The molecule has 0 saturated carbocycles. The van der Waals surface area contributed by atoms with Gasteiger partial charge in [-0.2, -0.15) is 0 Å². The van der Waals surface area contributed by atoms with Crippen molar-refractivity contribution in [3.8, 4) is 17.2 Å². The molecule has 1 atom stereocenters. The van der Waals surface area contributed by atoms with E-state index < -0.39 is 17.7 Å². The summed E-state index contributed by atoms with van der Waals surface area (Å²) < 4.78 is 16.5. The molecule has 0 radical (unpaired) electrons. The second kappa shape index (κ2) is 10.4. The lowest BCUT2D eigenvalue weighted by atomic mass is 9.94. The molecular weight excluding hydrogens is 470 g/mol. The van der Waals surface area contributed by atoms with Crippen molar-refractivity contribution >= 4 is 23.1 Å². The van der Waals surface area contributed by atoms with Crippen molar-refractivity contribution in [1.29, 1.82) is 0 Å². The molecule has 3 aromatic rings. The highest BCUT2D eigenvalue weighted by Gasteiger charge is 2.47. The smallest absolute Gasteiger partial charge is 0.300 e. The number of ether oxygens (including phenoxy) is 3. The van der Waals surface area contributed by atoms with Gasteiger partial charge in [-0.05, 0) is 92.4 Å². The van der Waals surface area contributed by atoms with Crippen LogP contribution in [-0.4, -0.2) is 37.6 Å². The van der Waals surface area contributed by atoms with Crippen LogP contribution >= 0.6 is 0 Å². The molecule has 192 valence electrons. The van der Waals surface area contributed by atoms with Crippen molar-refractivity contribution in [2.75, 3.05) is 25.7 Å². The topological polar surface area (TPSA) is 85.3 Å². The Balaban J connectivity index is 1.98. The lowest BCUT2D eigenvalue weighted by Gasteiger charge is -2.27. The third kappa shape index (κ3) is 4.77. The van der Waals surface area contributed by atoms with Gasteiger partial charge in [0.15, 0.2) is 11.5 Å². The predicted octanol–water partition coefficient (Wildman–Crippen LogP) is 5.65. The number of Topliss-reactive ketones (excluding diaryl/α,β-unsaturated/α-hetero) is 1. The number of anilines is 1. The van der Waals surface area contributed by atoms with Crippen molar-refractivity contribution < 1.29 is 28.9 Å². The van der Waals surface area contributed by atoms with Crippen molar-refractivity contribution in [2.45, 2.75) is 33.7 Å². The number of ketones is 1. The average molecular weight is 502 g/mol. The van der Waals surface area contributed by atoms with E-state index in [0.29, 0.717) is 40.7 Å². The van der Waals surface area contributed by atoms with Crippen molar-refractivity contribution in [3.63, 3.8) is 0 Å². The number of benzene rings is 3. The summed E-state index contributed by atoms with van der Waals surface area (Å²) in [5.74, 6) is -0.0666. The summed E-state index contributed by atoms with van der Waals surface area (Å²) in [4.78, 5) is 28.5. The first-order chi connectivity index (χ1) is 17.7. The number of aryl methyl sites for hydroxylation is 3. The van der Waals surface area contributed by atoms with Crippen LogP contribution in [0.4, 0.5) is 5.69 Å². The van der Waals surface area contributed by atoms with Crippen LogP contribution in [0.1, 0.15) is 40.8 Å². The average Bonchev–Trinajstić information content (AvgIpc) is 3.13. The van der Waals surface area contributed by atoms with E-state index in [9.17, 15) is 14.7 Å². The summed E-state index contributed by atoms with van der Waals surface area (Å²) in [6.45, 7) is 7.98. The van der Waals surface area contributed by atoms with Gasteiger partial charge in [0.1, 0.15) is 11.5 Å². The minimum absolute atomic E-state index is 0.00124. The van der Waals surface area contributed by atoms with Crippen molar-refractivity contribution in [1.82, 2.24) is 0 Å². The van der Waals surface area contributed by atoms with Gasteiger partial charge in [-0.25, -0.2) is 0 Å². The van der Waals surface area contributed by atoms with Gasteiger partial charge in [-0.1, -0.05) is 12.1 Å². The summed E-state index contributed by atoms with van der Waals surface area (Å²) in [7, 11) is 3.11. The largest absolute Gasteiger partial charge is 0.507 e. The maximum absolute atomic E-state index is 13.5. The Morgan fingerprint density at radius 1 is 0.865 bits per heavy atom. The van der Waals surface area contributed by atoms with Gasteiger partial charge in [0.25, 0.3) is 11.7 Å². The SMILES string of the molecule is CCOc1cc(C2/C(=C(/O)c3ccc(OC)c(C)c3)C(=O)C(=O)N2c2cc(C)cc(C)c2)ccc1OC. The summed E-state index contributed by atoms with van der Waals surface area (Å²) >= 11 is 0. The van der Waals surface area contributed by atoms with E-state index in [1.807, 2.05) is 45.9 Å². The van der Waals surface area contributed by atoms with E-state index in [2.05, 4.69) is 0 Å². The third-order valence-corrected chi connectivity index (χ3v) is 6.40. The monoisotopic (exact) mass is 501 g/mol. The third-order valence-electron chi connectivity index (χ3n) is 6.40. The van der Waals surface area contributed by atoms with Crippen LogP contribution in [0.25, 0.3) is 5.76 Å². The molecule has 0 spiro atoms. The van der Waals surface area contributed by atoms with E-state index in [0.717, 1.165) is 16.7 Å². The molecule has 0 bridgehead atoms. The van der Waals surface area contributed by atoms with Crippen LogP contribution < -0.4 is 19.1 Å². The number of hydrogen-bond donors (Lipinski definition) is 1. The van der Waals surface area contributed by atoms with Crippen molar-refractivity contribution in [2.24, 2.45) is 0 Å². The number of nitrogens with zero attached hydrogens (tertiary/aromatic N) is 1. The molecule has 1 saturated heterocycles. The molecule has 7 heteroatoms. The van der Waals surface area contributed by atoms with Crippen LogP contribution in [0.2, 0.25) is 0 Å². The number of hydrogen-bond acceptors (Lipinski definition) is 6. The molecule has 37 heavy (non-hydrogen) atoms. The zero-order valence-corrected chi connectivity index (χ0v) is 21.9. The molecule has 1 fully saturated rings. The van der Waals surface area contributed by atoms with Crippen molar-refractivity contribution in [3.05, 3.63) is 88.0 Å². The number of aliphatic hydroxyl groups excluding tert-OH is 1. The number of carbonyl (C=O) groups is 2. The first-order valence-corrected chi connectivity index (χ1v) is 12.0. The molecule has 7 nitrogen and oxygen atoms in total. The minimum Gasteiger partial charge on any atom is -0.507 e. The number of methoxy groups -OCH3 is 2. The Hall–Kier alpha value is -4.26. The molecule has 1 amide bonds. The lowest BCUT2D eigenvalue weighted by molar-refractivity contribution is -0.132. The fourth-order valence-corrected chi connectivity index (χ4v) is 4.82.